The molecular formula is C21H24N2O2S2. The Kier molecular flexibility index (Phi) is 4.80. The topological polar surface area (TPSA) is 49.7 Å². The maximum absolute atomic E-state index is 12.2. The van der Waals surface area contributed by atoms with Gasteiger partial charge in [0.25, 0.3) is 0 Å². The SMILES string of the molecule is Cc1cccc(CSC2=N[C@@H]3CS(=O)(=O)C[C@@H]3N2c2ccc(C)cc2C)c1. The maximum Gasteiger partial charge on any atom is 0.164 e. The van der Waals surface area contributed by atoms with Crippen molar-refractivity contribution in [3.05, 3.63) is 64.7 Å². The van der Waals surface area contributed by atoms with Gasteiger partial charge in [0.15, 0.2) is 15.0 Å². The number of aryl methyl sites for hydroxylation is 3. The fraction of sp³-hybridized carbons (Fsp3) is 0.381. The zero-order chi connectivity index (χ0) is 19.2. The second-order valence-corrected chi connectivity index (χ2v) is 10.7. The Hall–Kier alpha value is -1.79. The van der Waals surface area contributed by atoms with Gasteiger partial charge in [-0.3, -0.25) is 4.99 Å². The van der Waals surface area contributed by atoms with Crippen LogP contribution < -0.4 is 4.90 Å². The van der Waals surface area contributed by atoms with Crippen molar-refractivity contribution in [3.8, 4) is 0 Å². The summed E-state index contributed by atoms with van der Waals surface area (Å²) in [7, 11) is -3.02. The molecule has 142 valence electrons. The van der Waals surface area contributed by atoms with Crippen molar-refractivity contribution in [2.24, 2.45) is 4.99 Å². The lowest BCUT2D eigenvalue weighted by atomic mass is 10.1. The van der Waals surface area contributed by atoms with Crippen molar-refractivity contribution >= 4 is 32.5 Å². The summed E-state index contributed by atoms with van der Waals surface area (Å²) in [5.41, 5.74) is 5.94. The highest BCUT2D eigenvalue weighted by Crippen LogP contribution is 2.37. The largest absolute Gasteiger partial charge is 0.315 e. The molecule has 4 nitrogen and oxygen atoms in total. The van der Waals surface area contributed by atoms with Crippen LogP contribution in [0.3, 0.4) is 0 Å². The first-order valence-electron chi connectivity index (χ1n) is 9.15. The molecule has 27 heavy (non-hydrogen) atoms. The summed E-state index contributed by atoms with van der Waals surface area (Å²) >= 11 is 1.70. The van der Waals surface area contributed by atoms with Crippen LogP contribution in [0.25, 0.3) is 0 Å². The van der Waals surface area contributed by atoms with Crippen molar-refractivity contribution < 1.29 is 8.42 Å². The van der Waals surface area contributed by atoms with Crippen LogP contribution >= 0.6 is 11.8 Å². The molecule has 0 spiro atoms. The van der Waals surface area contributed by atoms with Gasteiger partial charge in [0, 0.05) is 11.4 Å². The molecule has 0 saturated carbocycles. The molecular weight excluding hydrogens is 376 g/mol. The van der Waals surface area contributed by atoms with Crippen LogP contribution in [0.5, 0.6) is 0 Å². The third kappa shape index (κ3) is 3.78. The van der Waals surface area contributed by atoms with Gasteiger partial charge in [0.1, 0.15) is 0 Å². The fourth-order valence-electron chi connectivity index (χ4n) is 3.94. The Morgan fingerprint density at radius 3 is 2.59 bits per heavy atom. The Morgan fingerprint density at radius 2 is 1.85 bits per heavy atom. The van der Waals surface area contributed by atoms with Crippen LogP contribution in [0.2, 0.25) is 0 Å². The second-order valence-electron chi connectivity index (χ2n) is 7.56. The molecule has 2 atom stereocenters. The third-order valence-corrected chi connectivity index (χ3v) is 7.91. The number of thioether (sulfide) groups is 1. The number of hydrogen-bond acceptors (Lipinski definition) is 5. The number of sulfone groups is 1. The molecule has 2 aliphatic rings. The average Bonchev–Trinajstić information content (AvgIpc) is 3.05. The standard InChI is InChI=1S/C21H24N2O2S2/c1-14-5-4-6-17(10-14)11-26-21-22-18-12-27(24,25)13-20(18)23(21)19-8-7-15(2)9-16(19)3/h4-10,18,20H,11-13H2,1-3H3/t18-,20+/m1/s1. The van der Waals surface area contributed by atoms with Crippen LogP contribution in [0.1, 0.15) is 22.3 Å². The minimum atomic E-state index is -3.02. The number of anilines is 1. The van der Waals surface area contributed by atoms with E-state index in [4.69, 9.17) is 4.99 Å². The molecule has 0 N–H and O–H groups in total. The Bertz CT molecular complexity index is 1010. The molecule has 2 heterocycles. The van der Waals surface area contributed by atoms with Gasteiger partial charge in [0.2, 0.25) is 0 Å². The number of benzene rings is 2. The number of aliphatic imine (C=N–C) groups is 1. The minimum Gasteiger partial charge on any atom is -0.315 e. The number of fused-ring (bicyclic) bond motifs is 1. The van der Waals surface area contributed by atoms with Crippen molar-refractivity contribution in [3.63, 3.8) is 0 Å². The quantitative estimate of drug-likeness (QED) is 0.784. The molecule has 6 heteroatoms. The van der Waals surface area contributed by atoms with E-state index in [1.807, 2.05) is 0 Å². The van der Waals surface area contributed by atoms with Crippen molar-refractivity contribution in [1.29, 1.82) is 0 Å². The average molecular weight is 401 g/mol. The highest BCUT2D eigenvalue weighted by atomic mass is 32.2. The van der Waals surface area contributed by atoms with Gasteiger partial charge >= 0.3 is 0 Å². The van der Waals surface area contributed by atoms with E-state index in [0.29, 0.717) is 0 Å². The molecule has 1 fully saturated rings. The van der Waals surface area contributed by atoms with Crippen LogP contribution in [0.15, 0.2) is 47.5 Å². The molecule has 2 aromatic carbocycles. The van der Waals surface area contributed by atoms with E-state index in [1.165, 1.54) is 16.7 Å². The summed E-state index contributed by atoms with van der Waals surface area (Å²) in [6.45, 7) is 6.26. The Labute approximate surface area is 165 Å². The highest BCUT2D eigenvalue weighted by Gasteiger charge is 2.47. The predicted molar refractivity (Wildman–Crippen MR) is 115 cm³/mol. The molecule has 0 radical (unpaired) electrons. The molecule has 2 aliphatic heterocycles. The molecule has 2 aromatic rings. The van der Waals surface area contributed by atoms with Crippen LogP contribution in [0.4, 0.5) is 5.69 Å². The van der Waals surface area contributed by atoms with E-state index in [0.717, 1.165) is 22.2 Å². The van der Waals surface area contributed by atoms with Gasteiger partial charge in [-0.2, -0.15) is 0 Å². The fourth-order valence-corrected chi connectivity index (χ4v) is 6.84. The van der Waals surface area contributed by atoms with Gasteiger partial charge in [-0.15, -0.1) is 0 Å². The zero-order valence-electron chi connectivity index (χ0n) is 15.8. The monoisotopic (exact) mass is 400 g/mol. The maximum atomic E-state index is 12.2. The Morgan fingerprint density at radius 1 is 1.07 bits per heavy atom. The summed E-state index contributed by atoms with van der Waals surface area (Å²) in [6.07, 6.45) is 0. The van der Waals surface area contributed by atoms with Gasteiger partial charge < -0.3 is 4.90 Å². The lowest BCUT2D eigenvalue weighted by Gasteiger charge is -2.28. The molecule has 0 amide bonds. The van der Waals surface area contributed by atoms with Gasteiger partial charge in [-0.25, -0.2) is 8.42 Å². The number of rotatable bonds is 3. The molecule has 0 aliphatic carbocycles. The van der Waals surface area contributed by atoms with Gasteiger partial charge in [-0.1, -0.05) is 59.3 Å². The van der Waals surface area contributed by atoms with Crippen molar-refractivity contribution in [2.75, 3.05) is 16.4 Å². The van der Waals surface area contributed by atoms with E-state index in [9.17, 15) is 8.42 Å². The molecule has 0 unspecified atom stereocenters. The first-order chi connectivity index (χ1) is 12.8. The van der Waals surface area contributed by atoms with Crippen LogP contribution in [0, 0.1) is 20.8 Å². The first kappa shape index (κ1) is 18.6. The zero-order valence-corrected chi connectivity index (χ0v) is 17.5. The molecule has 1 saturated heterocycles. The predicted octanol–water partition coefficient (Wildman–Crippen LogP) is 3.89. The number of amidine groups is 1. The highest BCUT2D eigenvalue weighted by molar-refractivity contribution is 8.13. The van der Waals surface area contributed by atoms with E-state index < -0.39 is 9.84 Å². The van der Waals surface area contributed by atoms with E-state index in [-0.39, 0.29) is 23.6 Å². The molecule has 0 bridgehead atoms. The normalized spacial score (nSPS) is 23.4. The minimum absolute atomic E-state index is 0.0867. The van der Waals surface area contributed by atoms with E-state index in [1.54, 1.807) is 11.8 Å². The van der Waals surface area contributed by atoms with E-state index >= 15 is 0 Å². The van der Waals surface area contributed by atoms with Gasteiger partial charge in [-0.05, 0) is 38.0 Å². The van der Waals surface area contributed by atoms with Crippen LogP contribution in [-0.4, -0.2) is 37.2 Å². The van der Waals surface area contributed by atoms with Crippen LogP contribution in [-0.2, 0) is 15.6 Å². The van der Waals surface area contributed by atoms with Crippen molar-refractivity contribution in [1.82, 2.24) is 0 Å². The smallest absolute Gasteiger partial charge is 0.164 e. The number of hydrogen-bond donors (Lipinski definition) is 0. The first-order valence-corrected chi connectivity index (χ1v) is 12.0. The lowest BCUT2D eigenvalue weighted by Crippen LogP contribution is -2.39. The molecule has 4 rings (SSSR count). The molecule has 0 aromatic heterocycles. The van der Waals surface area contributed by atoms with Crippen molar-refractivity contribution in [2.45, 2.75) is 38.6 Å². The lowest BCUT2D eigenvalue weighted by molar-refractivity contribution is 0.601. The number of nitrogens with zero attached hydrogens (tertiary/aromatic N) is 2. The van der Waals surface area contributed by atoms with Gasteiger partial charge in [0.05, 0.1) is 23.6 Å². The summed E-state index contributed by atoms with van der Waals surface area (Å²) in [5.74, 6) is 1.17. The van der Waals surface area contributed by atoms with E-state index in [2.05, 4.69) is 68.1 Å². The summed E-state index contributed by atoms with van der Waals surface area (Å²) in [4.78, 5) is 7.00. The Balaban J connectivity index is 1.65. The summed E-state index contributed by atoms with van der Waals surface area (Å²) in [5, 5.41) is 0.938. The summed E-state index contributed by atoms with van der Waals surface area (Å²) in [6, 6.07) is 14.6. The summed E-state index contributed by atoms with van der Waals surface area (Å²) < 4.78 is 24.4. The second kappa shape index (κ2) is 6.99. The third-order valence-electron chi connectivity index (χ3n) is 5.17.